The number of nitrogens with one attached hydrogen (secondary N) is 1. The summed E-state index contributed by atoms with van der Waals surface area (Å²) in [6, 6.07) is 0. The molecule has 1 atom stereocenters. The Bertz CT molecular complexity index is 146. The van der Waals surface area contributed by atoms with E-state index in [0.717, 1.165) is 0 Å². The molecule has 0 saturated heterocycles. The van der Waals surface area contributed by atoms with Gasteiger partial charge in [0.05, 0.1) is 5.54 Å². The first-order valence-corrected chi connectivity index (χ1v) is 4.22. The van der Waals surface area contributed by atoms with Crippen molar-refractivity contribution in [3.05, 3.63) is 0 Å². The van der Waals surface area contributed by atoms with E-state index >= 15 is 0 Å². The Morgan fingerprint density at radius 2 is 2.25 bits per heavy atom. The lowest BCUT2D eigenvalue weighted by molar-refractivity contribution is -0.125. The van der Waals surface area contributed by atoms with Crippen LogP contribution in [0.5, 0.6) is 0 Å². The lowest BCUT2D eigenvalue weighted by Gasteiger charge is -2.21. The van der Waals surface area contributed by atoms with Crippen LogP contribution in [0.15, 0.2) is 0 Å². The molecule has 1 unspecified atom stereocenters. The summed E-state index contributed by atoms with van der Waals surface area (Å²) in [5, 5.41) is 11.1. The third kappa shape index (κ3) is 3.69. The molecule has 0 aliphatic heterocycles. The molecule has 0 aromatic heterocycles. The molecule has 1 amide bonds. The zero-order valence-electron chi connectivity index (χ0n) is 7.76. The van der Waals surface area contributed by atoms with Crippen molar-refractivity contribution in [2.24, 2.45) is 5.73 Å². The van der Waals surface area contributed by atoms with E-state index in [1.54, 1.807) is 6.92 Å². The number of aliphatic hydroxyl groups is 1. The SMILES string of the molecule is CCC(C)(N)C(=O)NCCCO. The fourth-order valence-electron chi connectivity index (χ4n) is 0.643. The molecule has 0 bridgehead atoms. The Kier molecular flexibility index (Phi) is 4.85. The van der Waals surface area contributed by atoms with Gasteiger partial charge in [-0.05, 0) is 19.8 Å². The van der Waals surface area contributed by atoms with Crippen molar-refractivity contribution in [1.29, 1.82) is 0 Å². The maximum Gasteiger partial charge on any atom is 0.239 e. The fraction of sp³-hybridized carbons (Fsp3) is 0.875. The summed E-state index contributed by atoms with van der Waals surface area (Å²) in [7, 11) is 0. The molecule has 12 heavy (non-hydrogen) atoms. The number of carbonyl (C=O) groups is 1. The predicted molar refractivity (Wildman–Crippen MR) is 47.6 cm³/mol. The second kappa shape index (κ2) is 5.11. The van der Waals surface area contributed by atoms with Gasteiger partial charge in [0.25, 0.3) is 0 Å². The molecule has 72 valence electrons. The average Bonchev–Trinajstić information content (AvgIpc) is 2.05. The third-order valence-corrected chi connectivity index (χ3v) is 1.87. The summed E-state index contributed by atoms with van der Waals surface area (Å²) in [4.78, 5) is 11.3. The molecule has 0 aliphatic carbocycles. The van der Waals surface area contributed by atoms with Crippen LogP contribution in [0, 0.1) is 0 Å². The summed E-state index contributed by atoms with van der Waals surface area (Å²) >= 11 is 0. The number of hydrogen-bond donors (Lipinski definition) is 3. The second-order valence-corrected chi connectivity index (χ2v) is 3.10. The number of rotatable bonds is 5. The Labute approximate surface area is 73.1 Å². The molecule has 4 N–H and O–H groups in total. The number of aliphatic hydroxyl groups excluding tert-OH is 1. The van der Waals surface area contributed by atoms with Crippen LogP contribution in [0.3, 0.4) is 0 Å². The molecule has 4 nitrogen and oxygen atoms in total. The van der Waals surface area contributed by atoms with Gasteiger partial charge in [-0.15, -0.1) is 0 Å². The van der Waals surface area contributed by atoms with Crippen LogP contribution in [0.2, 0.25) is 0 Å². The summed E-state index contributed by atoms with van der Waals surface area (Å²) in [6.45, 7) is 4.14. The number of hydrogen-bond acceptors (Lipinski definition) is 3. The Balaban J connectivity index is 3.72. The molecule has 0 fully saturated rings. The first kappa shape index (κ1) is 11.4. The van der Waals surface area contributed by atoms with Crippen LogP contribution in [0.25, 0.3) is 0 Å². The van der Waals surface area contributed by atoms with Crippen molar-refractivity contribution in [3.63, 3.8) is 0 Å². The van der Waals surface area contributed by atoms with Gasteiger partial charge in [-0.3, -0.25) is 4.79 Å². The molecule has 0 aliphatic rings. The van der Waals surface area contributed by atoms with E-state index in [1.807, 2.05) is 6.92 Å². The van der Waals surface area contributed by atoms with Crippen molar-refractivity contribution in [2.45, 2.75) is 32.2 Å². The van der Waals surface area contributed by atoms with Crippen LogP contribution in [0.1, 0.15) is 26.7 Å². The third-order valence-electron chi connectivity index (χ3n) is 1.87. The van der Waals surface area contributed by atoms with Crippen molar-refractivity contribution in [3.8, 4) is 0 Å². The summed E-state index contributed by atoms with van der Waals surface area (Å²) < 4.78 is 0. The molecule has 0 heterocycles. The standard InChI is InChI=1S/C8H18N2O2/c1-3-8(2,9)7(12)10-5-4-6-11/h11H,3-6,9H2,1-2H3,(H,10,12). The number of amides is 1. The number of carbonyl (C=O) groups excluding carboxylic acids is 1. The van der Waals surface area contributed by atoms with Crippen LogP contribution in [-0.2, 0) is 4.79 Å². The lowest BCUT2D eigenvalue weighted by atomic mass is 10.00. The van der Waals surface area contributed by atoms with E-state index in [4.69, 9.17) is 10.8 Å². The monoisotopic (exact) mass is 174 g/mol. The minimum absolute atomic E-state index is 0.0910. The minimum atomic E-state index is -0.782. The van der Waals surface area contributed by atoms with Crippen LogP contribution < -0.4 is 11.1 Å². The lowest BCUT2D eigenvalue weighted by Crippen LogP contribution is -2.51. The predicted octanol–water partition coefficient (Wildman–Crippen LogP) is -0.388. The van der Waals surface area contributed by atoms with Crippen LogP contribution in [0.4, 0.5) is 0 Å². The van der Waals surface area contributed by atoms with Gasteiger partial charge in [-0.1, -0.05) is 6.92 Å². The topological polar surface area (TPSA) is 75.4 Å². The molecule has 0 aromatic carbocycles. The van der Waals surface area contributed by atoms with Gasteiger partial charge in [0.15, 0.2) is 0 Å². The summed E-state index contributed by atoms with van der Waals surface area (Å²) in [6.07, 6.45) is 1.18. The zero-order chi connectivity index (χ0) is 9.61. The maximum absolute atomic E-state index is 11.3. The Morgan fingerprint density at radius 3 is 2.67 bits per heavy atom. The van der Waals surface area contributed by atoms with Gasteiger partial charge in [-0.25, -0.2) is 0 Å². The smallest absolute Gasteiger partial charge is 0.239 e. The highest BCUT2D eigenvalue weighted by Gasteiger charge is 2.24. The van der Waals surface area contributed by atoms with Crippen LogP contribution in [-0.4, -0.2) is 29.7 Å². The van der Waals surface area contributed by atoms with Gasteiger partial charge in [0.2, 0.25) is 5.91 Å². The number of nitrogens with two attached hydrogens (primary N) is 1. The second-order valence-electron chi connectivity index (χ2n) is 3.10. The van der Waals surface area contributed by atoms with E-state index in [9.17, 15) is 4.79 Å². The van der Waals surface area contributed by atoms with E-state index in [1.165, 1.54) is 0 Å². The van der Waals surface area contributed by atoms with Gasteiger partial charge >= 0.3 is 0 Å². The van der Waals surface area contributed by atoms with Crippen molar-refractivity contribution in [2.75, 3.05) is 13.2 Å². The van der Waals surface area contributed by atoms with Gasteiger partial charge < -0.3 is 16.2 Å². The minimum Gasteiger partial charge on any atom is -0.396 e. The molecule has 0 aromatic rings. The zero-order valence-corrected chi connectivity index (χ0v) is 7.76. The molecule has 0 radical (unpaired) electrons. The van der Waals surface area contributed by atoms with Crippen molar-refractivity contribution in [1.82, 2.24) is 5.32 Å². The van der Waals surface area contributed by atoms with Gasteiger partial charge in [-0.2, -0.15) is 0 Å². The highest BCUT2D eigenvalue weighted by molar-refractivity contribution is 5.85. The normalized spacial score (nSPS) is 15.3. The van der Waals surface area contributed by atoms with E-state index in [0.29, 0.717) is 19.4 Å². The van der Waals surface area contributed by atoms with E-state index < -0.39 is 5.54 Å². The molecule has 0 saturated carbocycles. The molecule has 4 heteroatoms. The van der Waals surface area contributed by atoms with Gasteiger partial charge in [0, 0.05) is 13.2 Å². The maximum atomic E-state index is 11.3. The Morgan fingerprint density at radius 1 is 1.67 bits per heavy atom. The highest BCUT2D eigenvalue weighted by atomic mass is 16.3. The first-order chi connectivity index (χ1) is 5.54. The highest BCUT2D eigenvalue weighted by Crippen LogP contribution is 2.03. The first-order valence-electron chi connectivity index (χ1n) is 4.22. The largest absolute Gasteiger partial charge is 0.396 e. The average molecular weight is 174 g/mol. The molecular weight excluding hydrogens is 156 g/mol. The van der Waals surface area contributed by atoms with E-state index in [2.05, 4.69) is 5.32 Å². The molecule has 0 rings (SSSR count). The summed E-state index contributed by atoms with van der Waals surface area (Å²) in [5.74, 6) is -0.154. The van der Waals surface area contributed by atoms with Crippen LogP contribution >= 0.6 is 0 Å². The molecule has 0 spiro atoms. The molecular formula is C8H18N2O2. The Hall–Kier alpha value is -0.610. The quantitative estimate of drug-likeness (QED) is 0.497. The van der Waals surface area contributed by atoms with Crippen molar-refractivity contribution < 1.29 is 9.90 Å². The summed E-state index contributed by atoms with van der Waals surface area (Å²) in [5.41, 5.74) is 4.88. The fourth-order valence-corrected chi connectivity index (χ4v) is 0.643. The van der Waals surface area contributed by atoms with Gasteiger partial charge in [0.1, 0.15) is 0 Å². The van der Waals surface area contributed by atoms with Crippen molar-refractivity contribution >= 4 is 5.91 Å². The van der Waals surface area contributed by atoms with E-state index in [-0.39, 0.29) is 12.5 Å².